The molecule has 0 aliphatic rings. The Morgan fingerprint density at radius 1 is 1.25 bits per heavy atom. The Balaban J connectivity index is 2.36. The average Bonchev–Trinajstić information content (AvgIpc) is 2.87. The quantitative estimate of drug-likeness (QED) is 0.778. The van der Waals surface area contributed by atoms with E-state index in [0.29, 0.717) is 22.6 Å². The molecule has 3 aromatic rings. The lowest BCUT2D eigenvalue weighted by atomic mass is 9.98. The van der Waals surface area contributed by atoms with Crippen molar-refractivity contribution in [1.29, 1.82) is 0 Å². The van der Waals surface area contributed by atoms with Crippen LogP contribution < -0.4 is 5.56 Å². The maximum atomic E-state index is 13.0. The van der Waals surface area contributed by atoms with Crippen LogP contribution in [-0.4, -0.2) is 19.6 Å². The largest absolute Gasteiger partial charge is 0.278 e. The van der Waals surface area contributed by atoms with Crippen LogP contribution in [0.2, 0.25) is 0 Å². The Labute approximate surface area is 114 Å². The highest BCUT2D eigenvalue weighted by Crippen LogP contribution is 2.25. The predicted molar refractivity (Wildman–Crippen MR) is 73.1 cm³/mol. The topological polar surface area (TPSA) is 63.1 Å². The highest BCUT2D eigenvalue weighted by atomic mass is 19.1. The maximum Gasteiger partial charge on any atom is 0.278 e. The normalized spacial score (nSPS) is 11.4. The lowest BCUT2D eigenvalue weighted by molar-refractivity contribution is 0.628. The number of aromatic amines is 1. The lowest BCUT2D eigenvalue weighted by Crippen LogP contribution is -2.22. The zero-order chi connectivity index (χ0) is 14.3. The van der Waals surface area contributed by atoms with Crippen LogP contribution in [0.3, 0.4) is 0 Å². The van der Waals surface area contributed by atoms with E-state index >= 15 is 0 Å². The van der Waals surface area contributed by atoms with E-state index in [4.69, 9.17) is 0 Å². The number of benzene rings is 1. The molecule has 0 spiro atoms. The van der Waals surface area contributed by atoms with Crippen molar-refractivity contribution in [2.45, 2.75) is 19.8 Å². The van der Waals surface area contributed by atoms with E-state index in [1.165, 1.54) is 23.0 Å². The Kier molecular flexibility index (Phi) is 2.85. The maximum absolute atomic E-state index is 13.0. The summed E-state index contributed by atoms with van der Waals surface area (Å²) in [6.07, 6.45) is 1.42. The van der Waals surface area contributed by atoms with Gasteiger partial charge in [-0.3, -0.25) is 9.89 Å². The van der Waals surface area contributed by atoms with Gasteiger partial charge < -0.3 is 0 Å². The zero-order valence-corrected chi connectivity index (χ0v) is 11.1. The smallest absolute Gasteiger partial charge is 0.278 e. The number of aromatic nitrogens is 4. The molecular weight excluding hydrogens is 259 g/mol. The van der Waals surface area contributed by atoms with Crippen molar-refractivity contribution in [1.82, 2.24) is 19.6 Å². The molecule has 0 saturated heterocycles. The second kappa shape index (κ2) is 4.56. The minimum atomic E-state index is -0.322. The molecular formula is C14H13FN4O. The third-order valence-corrected chi connectivity index (χ3v) is 3.16. The molecule has 0 aliphatic carbocycles. The molecule has 0 radical (unpaired) electrons. The van der Waals surface area contributed by atoms with Crippen molar-refractivity contribution in [2.24, 2.45) is 0 Å². The van der Waals surface area contributed by atoms with Crippen LogP contribution >= 0.6 is 0 Å². The molecule has 0 fully saturated rings. The third kappa shape index (κ3) is 1.89. The first kappa shape index (κ1) is 12.5. The summed E-state index contributed by atoms with van der Waals surface area (Å²) in [5.41, 5.74) is 1.66. The van der Waals surface area contributed by atoms with Gasteiger partial charge in [0.25, 0.3) is 11.3 Å². The van der Waals surface area contributed by atoms with Crippen LogP contribution in [0.5, 0.6) is 0 Å². The van der Waals surface area contributed by atoms with E-state index in [-0.39, 0.29) is 17.3 Å². The van der Waals surface area contributed by atoms with E-state index < -0.39 is 0 Å². The highest BCUT2D eigenvalue weighted by molar-refractivity contribution is 5.65. The first-order valence-corrected chi connectivity index (χ1v) is 6.30. The fourth-order valence-electron chi connectivity index (χ4n) is 2.22. The van der Waals surface area contributed by atoms with Gasteiger partial charge in [0.1, 0.15) is 12.1 Å². The molecule has 0 amide bonds. The van der Waals surface area contributed by atoms with Gasteiger partial charge in [-0.05, 0) is 30.2 Å². The summed E-state index contributed by atoms with van der Waals surface area (Å²) >= 11 is 0. The average molecular weight is 272 g/mol. The number of halogens is 1. The fourth-order valence-corrected chi connectivity index (χ4v) is 2.22. The van der Waals surface area contributed by atoms with Gasteiger partial charge >= 0.3 is 0 Å². The van der Waals surface area contributed by atoms with Gasteiger partial charge in [-0.1, -0.05) is 13.8 Å². The summed E-state index contributed by atoms with van der Waals surface area (Å²) in [7, 11) is 0. The van der Waals surface area contributed by atoms with E-state index in [1.54, 1.807) is 12.1 Å². The van der Waals surface area contributed by atoms with Crippen LogP contribution in [0.25, 0.3) is 17.0 Å². The van der Waals surface area contributed by atoms with E-state index in [9.17, 15) is 9.18 Å². The van der Waals surface area contributed by atoms with Gasteiger partial charge in [0, 0.05) is 11.1 Å². The molecule has 2 heterocycles. The molecule has 0 bridgehead atoms. The number of fused-ring (bicyclic) bond motifs is 1. The highest BCUT2D eigenvalue weighted by Gasteiger charge is 2.18. The number of nitrogens with zero attached hydrogens (tertiary/aromatic N) is 3. The fraction of sp³-hybridized carbons (Fsp3) is 0.214. The number of nitrogens with one attached hydrogen (secondary N) is 1. The van der Waals surface area contributed by atoms with E-state index in [0.717, 1.165) is 0 Å². The molecule has 102 valence electrons. The Morgan fingerprint density at radius 2 is 1.95 bits per heavy atom. The summed E-state index contributed by atoms with van der Waals surface area (Å²) in [6.45, 7) is 3.85. The summed E-state index contributed by atoms with van der Waals surface area (Å²) in [6, 6.07) is 5.94. The molecule has 3 rings (SSSR count). The van der Waals surface area contributed by atoms with Crippen LogP contribution in [0.4, 0.5) is 4.39 Å². The van der Waals surface area contributed by atoms with Crippen molar-refractivity contribution in [3.8, 4) is 11.3 Å². The standard InChI is InChI=1S/C14H13FN4O/c1-8(2)11-12(9-3-5-10(15)6-4-9)18-14-16-7-17-19(14)13(11)20/h3-8H,1-2H3,(H,16,17,18). The molecule has 0 atom stereocenters. The number of hydrogen-bond acceptors (Lipinski definition) is 3. The molecule has 1 aromatic carbocycles. The van der Waals surface area contributed by atoms with Gasteiger partial charge in [-0.2, -0.15) is 4.52 Å². The zero-order valence-electron chi connectivity index (χ0n) is 11.1. The van der Waals surface area contributed by atoms with Crippen molar-refractivity contribution < 1.29 is 4.39 Å². The summed E-state index contributed by atoms with van der Waals surface area (Å²) in [5.74, 6) is -0.0219. The second-order valence-electron chi connectivity index (χ2n) is 4.86. The van der Waals surface area contributed by atoms with Gasteiger partial charge in [-0.25, -0.2) is 14.4 Å². The van der Waals surface area contributed by atoms with Crippen molar-refractivity contribution in [3.05, 3.63) is 52.3 Å². The van der Waals surface area contributed by atoms with Crippen LogP contribution in [0.15, 0.2) is 35.4 Å². The van der Waals surface area contributed by atoms with Gasteiger partial charge in [0.2, 0.25) is 0 Å². The third-order valence-electron chi connectivity index (χ3n) is 3.16. The first-order valence-electron chi connectivity index (χ1n) is 6.30. The molecule has 1 N–H and O–H groups in total. The van der Waals surface area contributed by atoms with Crippen molar-refractivity contribution >= 4 is 5.78 Å². The molecule has 20 heavy (non-hydrogen) atoms. The van der Waals surface area contributed by atoms with Crippen LogP contribution in [0, 0.1) is 5.82 Å². The SMILES string of the molecule is CC(C)c1c(-c2ccc(F)cc2)nc2nc[nH]n2c1=O. The van der Waals surface area contributed by atoms with Crippen molar-refractivity contribution in [3.63, 3.8) is 0 Å². The van der Waals surface area contributed by atoms with Crippen LogP contribution in [-0.2, 0) is 0 Å². The summed E-state index contributed by atoms with van der Waals surface area (Å²) in [4.78, 5) is 20.9. The van der Waals surface area contributed by atoms with E-state index in [1.807, 2.05) is 13.8 Å². The monoisotopic (exact) mass is 272 g/mol. The minimum absolute atomic E-state index is 0.00440. The van der Waals surface area contributed by atoms with Gasteiger partial charge in [0.15, 0.2) is 0 Å². The minimum Gasteiger partial charge on any atom is -0.278 e. The molecule has 0 saturated carbocycles. The molecule has 2 aromatic heterocycles. The second-order valence-corrected chi connectivity index (χ2v) is 4.86. The Hall–Kier alpha value is -2.50. The molecule has 0 aliphatic heterocycles. The molecule has 0 unspecified atom stereocenters. The van der Waals surface area contributed by atoms with Crippen LogP contribution in [0.1, 0.15) is 25.3 Å². The Morgan fingerprint density at radius 3 is 2.60 bits per heavy atom. The van der Waals surface area contributed by atoms with E-state index in [2.05, 4.69) is 15.1 Å². The number of rotatable bonds is 2. The Bertz CT molecular complexity index is 817. The number of hydrogen-bond donors (Lipinski definition) is 1. The summed E-state index contributed by atoms with van der Waals surface area (Å²) in [5, 5.41) is 2.74. The first-order chi connectivity index (χ1) is 9.58. The summed E-state index contributed by atoms with van der Waals surface area (Å²) < 4.78 is 14.3. The van der Waals surface area contributed by atoms with Gasteiger partial charge in [0.05, 0.1) is 5.69 Å². The lowest BCUT2D eigenvalue weighted by Gasteiger charge is -2.11. The molecule has 6 heteroatoms. The molecule has 5 nitrogen and oxygen atoms in total. The predicted octanol–water partition coefficient (Wildman–Crippen LogP) is 2.35. The number of H-pyrrole nitrogens is 1. The van der Waals surface area contributed by atoms with Crippen molar-refractivity contribution in [2.75, 3.05) is 0 Å². The van der Waals surface area contributed by atoms with Gasteiger partial charge in [-0.15, -0.1) is 0 Å².